The minimum absolute atomic E-state index is 0.151. The number of carbonyl (C=O) groups excluding carboxylic acids is 1. The Balaban J connectivity index is 2.26. The third kappa shape index (κ3) is 4.73. The van der Waals surface area contributed by atoms with Gasteiger partial charge in [-0.25, -0.2) is 4.79 Å². The Morgan fingerprint density at radius 1 is 1.33 bits per heavy atom. The quantitative estimate of drug-likeness (QED) is 0.740. The molecule has 0 radical (unpaired) electrons. The first kappa shape index (κ1) is 18.8. The number of aliphatic hydroxyl groups is 1. The number of rotatable bonds is 4. The first-order chi connectivity index (χ1) is 11.4. The number of carboxylic acid groups (broad SMARTS) is 1. The van der Waals surface area contributed by atoms with Crippen LogP contribution in [-0.4, -0.2) is 66.1 Å². The average Bonchev–Trinajstić information content (AvgIpc) is 2.77. The number of hydrogen-bond acceptors (Lipinski definition) is 4. The van der Waals surface area contributed by atoms with Gasteiger partial charge in [-0.3, -0.25) is 4.79 Å². The Kier molecular flexibility index (Phi) is 6.68. The average molecular weight is 377 g/mol. The van der Waals surface area contributed by atoms with Crippen LogP contribution in [0.4, 0.5) is 4.79 Å². The maximum absolute atomic E-state index is 11.3. The van der Waals surface area contributed by atoms with E-state index in [9.17, 15) is 14.7 Å². The number of benzene rings is 1. The van der Waals surface area contributed by atoms with Crippen molar-refractivity contribution >= 4 is 35.2 Å². The Labute approximate surface area is 149 Å². The fourth-order valence-corrected chi connectivity index (χ4v) is 2.89. The molecule has 1 aromatic carbocycles. The van der Waals surface area contributed by atoms with Gasteiger partial charge >= 0.3 is 6.09 Å². The van der Waals surface area contributed by atoms with Crippen molar-refractivity contribution in [1.29, 1.82) is 0 Å². The van der Waals surface area contributed by atoms with Crippen LogP contribution in [0.2, 0.25) is 10.0 Å². The molecule has 2 atom stereocenters. The molecule has 1 fully saturated rings. The summed E-state index contributed by atoms with van der Waals surface area (Å²) < 4.78 is 5.74. The number of nitrogens with zero attached hydrogens (tertiary/aromatic N) is 1. The molecule has 9 heteroatoms. The standard InChI is InChI=1S/C15H18Cl2N2O5/c16-11-2-1-9(5-12(11)17)10-7-19(15(22)23)3-4-24-13(10)6-18-14(21)8-20/h1-2,5,10,13,20H,3-4,6-8H2,(H,18,21)(H,22,23)/t10-,13-/m0/s1. The van der Waals surface area contributed by atoms with Crippen molar-refractivity contribution in [3.05, 3.63) is 33.8 Å². The molecule has 0 bridgehead atoms. The highest BCUT2D eigenvalue weighted by atomic mass is 35.5. The highest BCUT2D eigenvalue weighted by molar-refractivity contribution is 6.42. The Hall–Kier alpha value is -1.54. The molecule has 7 nitrogen and oxygen atoms in total. The summed E-state index contributed by atoms with van der Waals surface area (Å²) >= 11 is 12.0. The van der Waals surface area contributed by atoms with Crippen LogP contribution < -0.4 is 5.32 Å². The summed E-state index contributed by atoms with van der Waals surface area (Å²) in [4.78, 5) is 23.9. The minimum Gasteiger partial charge on any atom is -0.465 e. The first-order valence-electron chi connectivity index (χ1n) is 7.34. The topological polar surface area (TPSA) is 99.1 Å². The van der Waals surface area contributed by atoms with Crippen molar-refractivity contribution in [3.63, 3.8) is 0 Å². The van der Waals surface area contributed by atoms with Gasteiger partial charge in [0.25, 0.3) is 0 Å². The smallest absolute Gasteiger partial charge is 0.407 e. The molecule has 0 unspecified atom stereocenters. The van der Waals surface area contributed by atoms with Crippen LogP contribution >= 0.6 is 23.2 Å². The molecule has 1 aliphatic heterocycles. The van der Waals surface area contributed by atoms with Crippen LogP contribution in [0.15, 0.2) is 18.2 Å². The van der Waals surface area contributed by atoms with E-state index < -0.39 is 24.7 Å². The van der Waals surface area contributed by atoms with Crippen molar-refractivity contribution in [2.24, 2.45) is 0 Å². The van der Waals surface area contributed by atoms with Crippen LogP contribution in [0.3, 0.4) is 0 Å². The third-order valence-electron chi connectivity index (χ3n) is 3.85. The summed E-state index contributed by atoms with van der Waals surface area (Å²) in [7, 11) is 0. The monoisotopic (exact) mass is 376 g/mol. The van der Waals surface area contributed by atoms with E-state index >= 15 is 0 Å². The maximum Gasteiger partial charge on any atom is 0.407 e. The third-order valence-corrected chi connectivity index (χ3v) is 4.58. The lowest BCUT2D eigenvalue weighted by Gasteiger charge is -2.27. The highest BCUT2D eigenvalue weighted by Crippen LogP contribution is 2.31. The van der Waals surface area contributed by atoms with E-state index in [-0.39, 0.29) is 32.2 Å². The van der Waals surface area contributed by atoms with Crippen molar-refractivity contribution < 1.29 is 24.5 Å². The van der Waals surface area contributed by atoms with Crippen LogP contribution in [0.1, 0.15) is 11.5 Å². The molecule has 1 heterocycles. The largest absolute Gasteiger partial charge is 0.465 e. The predicted molar refractivity (Wildman–Crippen MR) is 88.6 cm³/mol. The van der Waals surface area contributed by atoms with E-state index in [1.807, 2.05) is 0 Å². The van der Waals surface area contributed by atoms with Crippen LogP contribution in [-0.2, 0) is 9.53 Å². The molecule has 2 rings (SSSR count). The van der Waals surface area contributed by atoms with E-state index in [2.05, 4.69) is 5.32 Å². The molecule has 0 spiro atoms. The van der Waals surface area contributed by atoms with Crippen molar-refractivity contribution in [3.8, 4) is 0 Å². The predicted octanol–water partition coefficient (Wildman–Crippen LogP) is 1.56. The molecule has 0 saturated carbocycles. The molecule has 24 heavy (non-hydrogen) atoms. The van der Waals surface area contributed by atoms with Gasteiger partial charge in [0.15, 0.2) is 0 Å². The second-order valence-electron chi connectivity index (χ2n) is 5.38. The van der Waals surface area contributed by atoms with Gasteiger partial charge in [0.2, 0.25) is 5.91 Å². The van der Waals surface area contributed by atoms with Crippen LogP contribution in [0.5, 0.6) is 0 Å². The summed E-state index contributed by atoms with van der Waals surface area (Å²) in [5.74, 6) is -0.858. The van der Waals surface area contributed by atoms with Gasteiger partial charge in [-0.2, -0.15) is 0 Å². The second-order valence-corrected chi connectivity index (χ2v) is 6.19. The van der Waals surface area contributed by atoms with Gasteiger partial charge in [0, 0.05) is 25.6 Å². The number of aliphatic hydroxyl groups excluding tert-OH is 1. The molecule has 1 aromatic rings. The minimum atomic E-state index is -1.04. The lowest BCUT2D eigenvalue weighted by atomic mass is 9.92. The SMILES string of the molecule is O=C(CO)NC[C@@H]1OCCN(C(=O)O)C[C@H]1c1ccc(Cl)c(Cl)c1. The molecule has 1 saturated heterocycles. The van der Waals surface area contributed by atoms with Crippen molar-refractivity contribution in [2.75, 3.05) is 32.8 Å². The second kappa shape index (κ2) is 8.53. The van der Waals surface area contributed by atoms with Gasteiger partial charge in [0.05, 0.1) is 22.8 Å². The maximum atomic E-state index is 11.3. The van der Waals surface area contributed by atoms with E-state index in [1.54, 1.807) is 18.2 Å². The lowest BCUT2D eigenvalue weighted by molar-refractivity contribution is -0.124. The number of carbonyl (C=O) groups is 2. The molecular formula is C15H18Cl2N2O5. The van der Waals surface area contributed by atoms with Crippen LogP contribution in [0, 0.1) is 0 Å². The summed E-state index contributed by atoms with van der Waals surface area (Å²) in [6.45, 7) is 0.178. The number of amides is 2. The Bertz CT molecular complexity index is 614. The number of ether oxygens (including phenoxy) is 1. The fourth-order valence-electron chi connectivity index (χ4n) is 2.59. The van der Waals surface area contributed by atoms with E-state index in [4.69, 9.17) is 33.0 Å². The summed E-state index contributed by atoms with van der Waals surface area (Å²) in [6.07, 6.45) is -1.49. The first-order valence-corrected chi connectivity index (χ1v) is 8.10. The molecule has 132 valence electrons. The Morgan fingerprint density at radius 3 is 2.71 bits per heavy atom. The van der Waals surface area contributed by atoms with Crippen molar-refractivity contribution in [1.82, 2.24) is 10.2 Å². The number of nitrogens with one attached hydrogen (secondary N) is 1. The number of halogens is 2. The van der Waals surface area contributed by atoms with Gasteiger partial charge in [-0.1, -0.05) is 29.3 Å². The normalized spacial score (nSPS) is 21.2. The number of hydrogen-bond donors (Lipinski definition) is 3. The molecular weight excluding hydrogens is 359 g/mol. The molecule has 0 aliphatic carbocycles. The highest BCUT2D eigenvalue weighted by Gasteiger charge is 2.31. The lowest BCUT2D eigenvalue weighted by Crippen LogP contribution is -2.40. The zero-order valence-electron chi connectivity index (χ0n) is 12.7. The van der Waals surface area contributed by atoms with Crippen LogP contribution in [0.25, 0.3) is 0 Å². The zero-order valence-corrected chi connectivity index (χ0v) is 14.3. The zero-order chi connectivity index (χ0) is 17.7. The molecule has 2 amide bonds. The van der Waals surface area contributed by atoms with E-state index in [0.717, 1.165) is 5.56 Å². The summed E-state index contributed by atoms with van der Waals surface area (Å²) in [6, 6.07) is 5.07. The van der Waals surface area contributed by atoms with Gasteiger partial charge in [-0.15, -0.1) is 0 Å². The van der Waals surface area contributed by atoms with Gasteiger partial charge in [0.1, 0.15) is 6.61 Å². The summed E-state index contributed by atoms with van der Waals surface area (Å²) in [5, 5.41) is 21.4. The van der Waals surface area contributed by atoms with Crippen molar-refractivity contribution in [2.45, 2.75) is 12.0 Å². The van der Waals surface area contributed by atoms with Gasteiger partial charge < -0.3 is 25.2 Å². The summed E-state index contributed by atoms with van der Waals surface area (Å²) in [5.41, 5.74) is 0.765. The fraction of sp³-hybridized carbons (Fsp3) is 0.467. The van der Waals surface area contributed by atoms with E-state index in [1.165, 1.54) is 4.90 Å². The van der Waals surface area contributed by atoms with E-state index in [0.29, 0.717) is 10.0 Å². The van der Waals surface area contributed by atoms with Gasteiger partial charge in [-0.05, 0) is 17.7 Å². The molecule has 1 aliphatic rings. The molecule has 3 N–H and O–H groups in total. The Morgan fingerprint density at radius 2 is 2.08 bits per heavy atom. The molecule has 0 aromatic heterocycles.